The Labute approximate surface area is 97.5 Å². The second-order valence-electron chi connectivity index (χ2n) is 4.16. The van der Waals surface area contributed by atoms with Gasteiger partial charge in [0.15, 0.2) is 0 Å². The highest BCUT2D eigenvalue weighted by atomic mass is 16.5. The summed E-state index contributed by atoms with van der Waals surface area (Å²) in [6.45, 7) is 8.01. The molecular formula is C11H23N3O2. The van der Waals surface area contributed by atoms with Crippen LogP contribution in [0, 0.1) is 0 Å². The van der Waals surface area contributed by atoms with Crippen molar-refractivity contribution in [2.24, 2.45) is 0 Å². The Morgan fingerprint density at radius 3 is 3.06 bits per heavy atom. The molecule has 0 aromatic rings. The SMILES string of the molecule is CCNC(=O)C1CNCCN1CC(C)OC. The maximum atomic E-state index is 11.8. The Bertz CT molecular complexity index is 223. The van der Waals surface area contributed by atoms with Crippen molar-refractivity contribution in [3.63, 3.8) is 0 Å². The van der Waals surface area contributed by atoms with Crippen LogP contribution >= 0.6 is 0 Å². The van der Waals surface area contributed by atoms with Crippen LogP contribution in [0.3, 0.4) is 0 Å². The van der Waals surface area contributed by atoms with Crippen molar-refractivity contribution in [1.82, 2.24) is 15.5 Å². The van der Waals surface area contributed by atoms with Crippen molar-refractivity contribution in [1.29, 1.82) is 0 Å². The van der Waals surface area contributed by atoms with Crippen LogP contribution in [0.1, 0.15) is 13.8 Å². The molecule has 16 heavy (non-hydrogen) atoms. The molecule has 2 unspecified atom stereocenters. The normalized spacial score (nSPS) is 24.1. The highest BCUT2D eigenvalue weighted by Crippen LogP contribution is 2.05. The molecule has 0 bridgehead atoms. The third-order valence-corrected chi connectivity index (χ3v) is 2.90. The fourth-order valence-corrected chi connectivity index (χ4v) is 1.92. The highest BCUT2D eigenvalue weighted by molar-refractivity contribution is 5.82. The summed E-state index contributed by atoms with van der Waals surface area (Å²) >= 11 is 0. The van der Waals surface area contributed by atoms with Gasteiger partial charge in [-0.15, -0.1) is 0 Å². The summed E-state index contributed by atoms with van der Waals surface area (Å²) in [6, 6.07) is -0.0636. The number of nitrogens with zero attached hydrogens (tertiary/aromatic N) is 1. The Hall–Kier alpha value is -0.650. The van der Waals surface area contributed by atoms with E-state index in [4.69, 9.17) is 4.74 Å². The van der Waals surface area contributed by atoms with Crippen molar-refractivity contribution in [3.8, 4) is 0 Å². The number of carbonyl (C=O) groups excluding carboxylic acids is 1. The lowest BCUT2D eigenvalue weighted by molar-refractivity contribution is -0.127. The van der Waals surface area contributed by atoms with Gasteiger partial charge in [-0.05, 0) is 13.8 Å². The van der Waals surface area contributed by atoms with Gasteiger partial charge < -0.3 is 15.4 Å². The molecule has 1 heterocycles. The minimum Gasteiger partial charge on any atom is -0.380 e. The molecule has 1 amide bonds. The van der Waals surface area contributed by atoms with Crippen molar-refractivity contribution in [3.05, 3.63) is 0 Å². The van der Waals surface area contributed by atoms with Gasteiger partial charge in [-0.25, -0.2) is 0 Å². The summed E-state index contributed by atoms with van der Waals surface area (Å²) < 4.78 is 5.25. The molecule has 5 nitrogen and oxygen atoms in total. The maximum absolute atomic E-state index is 11.8. The van der Waals surface area contributed by atoms with E-state index in [9.17, 15) is 4.79 Å². The smallest absolute Gasteiger partial charge is 0.238 e. The molecule has 0 saturated carbocycles. The zero-order valence-electron chi connectivity index (χ0n) is 10.5. The molecular weight excluding hydrogens is 206 g/mol. The number of nitrogens with one attached hydrogen (secondary N) is 2. The van der Waals surface area contributed by atoms with Crippen molar-refractivity contribution in [2.75, 3.05) is 39.8 Å². The van der Waals surface area contributed by atoms with Crippen molar-refractivity contribution < 1.29 is 9.53 Å². The largest absolute Gasteiger partial charge is 0.380 e. The quantitative estimate of drug-likeness (QED) is 0.663. The lowest BCUT2D eigenvalue weighted by atomic mass is 10.1. The Morgan fingerprint density at radius 2 is 2.44 bits per heavy atom. The number of piperazine rings is 1. The van der Waals surface area contributed by atoms with E-state index >= 15 is 0 Å². The predicted molar refractivity (Wildman–Crippen MR) is 63.4 cm³/mol. The van der Waals surface area contributed by atoms with Crippen LogP contribution in [-0.4, -0.2) is 62.8 Å². The first kappa shape index (κ1) is 13.4. The maximum Gasteiger partial charge on any atom is 0.238 e. The fourth-order valence-electron chi connectivity index (χ4n) is 1.92. The van der Waals surface area contributed by atoms with Gasteiger partial charge in [0.2, 0.25) is 5.91 Å². The first-order valence-corrected chi connectivity index (χ1v) is 5.94. The molecule has 0 aromatic heterocycles. The molecule has 2 N–H and O–H groups in total. The molecule has 0 radical (unpaired) electrons. The minimum absolute atomic E-state index is 0.0636. The van der Waals surface area contributed by atoms with E-state index in [0.717, 1.165) is 26.2 Å². The lowest BCUT2D eigenvalue weighted by Gasteiger charge is -2.36. The zero-order valence-corrected chi connectivity index (χ0v) is 10.5. The van der Waals surface area contributed by atoms with Crippen LogP contribution in [0.25, 0.3) is 0 Å². The number of carbonyl (C=O) groups is 1. The second kappa shape index (κ2) is 6.83. The molecule has 5 heteroatoms. The van der Waals surface area contributed by atoms with Crippen LogP contribution in [-0.2, 0) is 9.53 Å². The van der Waals surface area contributed by atoms with Crippen LogP contribution < -0.4 is 10.6 Å². The molecule has 1 fully saturated rings. The highest BCUT2D eigenvalue weighted by Gasteiger charge is 2.28. The zero-order chi connectivity index (χ0) is 12.0. The van der Waals surface area contributed by atoms with Gasteiger partial charge in [0.1, 0.15) is 6.04 Å². The summed E-state index contributed by atoms with van der Waals surface area (Å²) in [4.78, 5) is 14.0. The van der Waals surface area contributed by atoms with E-state index in [1.165, 1.54) is 0 Å². The number of hydrogen-bond acceptors (Lipinski definition) is 4. The molecule has 2 atom stereocenters. The Balaban J connectivity index is 2.52. The van der Waals surface area contributed by atoms with Gasteiger partial charge in [-0.2, -0.15) is 0 Å². The molecule has 0 aliphatic carbocycles. The summed E-state index contributed by atoms with van der Waals surface area (Å²) in [5, 5.41) is 6.13. The van der Waals surface area contributed by atoms with Crippen LogP contribution in [0.5, 0.6) is 0 Å². The van der Waals surface area contributed by atoms with Gasteiger partial charge in [0, 0.05) is 39.8 Å². The summed E-state index contributed by atoms with van der Waals surface area (Å²) in [5.41, 5.74) is 0. The average Bonchev–Trinajstić information content (AvgIpc) is 2.30. The Kier molecular flexibility index (Phi) is 5.73. The molecule has 1 rings (SSSR count). The van der Waals surface area contributed by atoms with Crippen LogP contribution in [0.2, 0.25) is 0 Å². The molecule has 1 aliphatic rings. The average molecular weight is 229 g/mol. The summed E-state index contributed by atoms with van der Waals surface area (Å²) in [6.07, 6.45) is 0.162. The fraction of sp³-hybridized carbons (Fsp3) is 0.909. The number of likely N-dealkylation sites (N-methyl/N-ethyl adjacent to an activating group) is 1. The van der Waals surface area contributed by atoms with Crippen molar-refractivity contribution >= 4 is 5.91 Å². The minimum atomic E-state index is -0.0636. The second-order valence-corrected chi connectivity index (χ2v) is 4.16. The van der Waals surface area contributed by atoms with Gasteiger partial charge >= 0.3 is 0 Å². The molecule has 0 spiro atoms. The van der Waals surface area contributed by atoms with Crippen LogP contribution in [0.4, 0.5) is 0 Å². The van der Waals surface area contributed by atoms with Gasteiger partial charge in [-0.1, -0.05) is 0 Å². The van der Waals surface area contributed by atoms with Gasteiger partial charge in [-0.3, -0.25) is 9.69 Å². The van der Waals surface area contributed by atoms with E-state index < -0.39 is 0 Å². The number of amides is 1. The van der Waals surface area contributed by atoms with E-state index in [1.54, 1.807) is 7.11 Å². The monoisotopic (exact) mass is 229 g/mol. The van der Waals surface area contributed by atoms with Crippen LogP contribution in [0.15, 0.2) is 0 Å². The van der Waals surface area contributed by atoms with Crippen molar-refractivity contribution in [2.45, 2.75) is 26.0 Å². The first-order valence-electron chi connectivity index (χ1n) is 5.94. The Morgan fingerprint density at radius 1 is 1.69 bits per heavy atom. The van der Waals surface area contributed by atoms with E-state index in [1.807, 2.05) is 13.8 Å². The topological polar surface area (TPSA) is 53.6 Å². The molecule has 94 valence electrons. The number of hydrogen-bond donors (Lipinski definition) is 2. The van der Waals surface area contributed by atoms with E-state index in [-0.39, 0.29) is 18.1 Å². The first-order chi connectivity index (χ1) is 7.69. The molecule has 1 saturated heterocycles. The summed E-state index contributed by atoms with van der Waals surface area (Å²) in [7, 11) is 1.70. The van der Waals surface area contributed by atoms with E-state index in [0.29, 0.717) is 6.54 Å². The lowest BCUT2D eigenvalue weighted by Crippen LogP contribution is -2.59. The van der Waals surface area contributed by atoms with Gasteiger partial charge in [0.05, 0.1) is 6.10 Å². The van der Waals surface area contributed by atoms with E-state index in [2.05, 4.69) is 15.5 Å². The number of rotatable bonds is 5. The predicted octanol–water partition coefficient (Wildman–Crippen LogP) is -0.569. The summed E-state index contributed by atoms with van der Waals surface area (Å²) in [5.74, 6) is 0.109. The standard InChI is InChI=1S/C11H23N3O2/c1-4-13-11(15)10-7-12-5-6-14(10)8-9(2)16-3/h9-10,12H,4-8H2,1-3H3,(H,13,15). The number of ether oxygens (including phenoxy) is 1. The van der Waals surface area contributed by atoms with Gasteiger partial charge in [0.25, 0.3) is 0 Å². The third-order valence-electron chi connectivity index (χ3n) is 2.90. The number of methoxy groups -OCH3 is 1. The third kappa shape index (κ3) is 3.73. The molecule has 0 aromatic carbocycles. The molecule has 1 aliphatic heterocycles.